The van der Waals surface area contributed by atoms with E-state index in [0.29, 0.717) is 11.4 Å². The van der Waals surface area contributed by atoms with Crippen molar-refractivity contribution in [3.8, 4) is 11.3 Å². The van der Waals surface area contributed by atoms with E-state index in [1.54, 1.807) is 6.07 Å². The molecular weight excluding hydrogens is 389 g/mol. The van der Waals surface area contributed by atoms with Crippen molar-refractivity contribution in [2.24, 2.45) is 0 Å². The second kappa shape index (κ2) is 8.35. The molecule has 0 radical (unpaired) electrons. The van der Waals surface area contributed by atoms with E-state index in [4.69, 9.17) is 10.5 Å². The smallest absolute Gasteiger partial charge is 0.356 e. The van der Waals surface area contributed by atoms with Crippen molar-refractivity contribution in [1.82, 2.24) is 25.1 Å². The molecule has 0 aliphatic carbocycles. The quantitative estimate of drug-likeness (QED) is 0.417. The van der Waals surface area contributed by atoms with Crippen LogP contribution in [0.1, 0.15) is 16.3 Å². The maximum Gasteiger partial charge on any atom is 0.356 e. The van der Waals surface area contributed by atoms with Crippen LogP contribution in [0.15, 0.2) is 60.7 Å². The molecule has 0 atom stereocenters. The molecule has 0 fully saturated rings. The zero-order chi connectivity index (χ0) is 20.9. The number of aromatic amines is 1. The molecule has 0 spiro atoms. The van der Waals surface area contributed by atoms with E-state index < -0.39 is 5.97 Å². The molecule has 0 unspecified atom stereocenters. The number of carbonyl (C=O) groups excluding carboxylic acids is 1. The van der Waals surface area contributed by atoms with Crippen LogP contribution in [0.5, 0.6) is 0 Å². The number of H-pyrrole nitrogens is 1. The zero-order valence-corrected chi connectivity index (χ0v) is 15.5. The van der Waals surface area contributed by atoms with Crippen LogP contribution in [0.2, 0.25) is 0 Å². The number of nitrogens with zero attached hydrogens (tertiary/aromatic N) is 4. The summed E-state index contributed by atoms with van der Waals surface area (Å²) in [7, 11) is 0. The van der Waals surface area contributed by atoms with Crippen molar-refractivity contribution in [2.75, 3.05) is 11.1 Å². The van der Waals surface area contributed by atoms with Crippen molar-refractivity contribution < 1.29 is 13.9 Å². The molecule has 0 saturated heterocycles. The van der Waals surface area contributed by atoms with Crippen molar-refractivity contribution in [1.29, 1.82) is 0 Å². The van der Waals surface area contributed by atoms with Crippen LogP contribution in [0, 0.1) is 5.82 Å². The SMILES string of the molecule is Nc1nc(COC(=O)c2cc(-c3ccccc3)n[nH]2)nc(Nc2ccc(F)cc2)n1. The molecule has 30 heavy (non-hydrogen) atoms. The third-order valence-electron chi connectivity index (χ3n) is 4.00. The van der Waals surface area contributed by atoms with Gasteiger partial charge in [0.2, 0.25) is 11.9 Å². The highest BCUT2D eigenvalue weighted by atomic mass is 19.1. The lowest BCUT2D eigenvalue weighted by Gasteiger charge is -2.07. The Morgan fingerprint density at radius 2 is 1.83 bits per heavy atom. The average molecular weight is 405 g/mol. The van der Waals surface area contributed by atoms with Crippen LogP contribution in [0.4, 0.5) is 22.0 Å². The summed E-state index contributed by atoms with van der Waals surface area (Å²) in [5.41, 5.74) is 7.96. The molecule has 4 aromatic rings. The van der Waals surface area contributed by atoms with Crippen LogP contribution in [-0.2, 0) is 11.3 Å². The number of halogens is 1. The van der Waals surface area contributed by atoms with E-state index in [-0.39, 0.29) is 35.8 Å². The van der Waals surface area contributed by atoms with E-state index >= 15 is 0 Å². The number of hydrogen-bond donors (Lipinski definition) is 3. The minimum atomic E-state index is -0.614. The number of nitrogens with one attached hydrogen (secondary N) is 2. The van der Waals surface area contributed by atoms with Gasteiger partial charge in [0.25, 0.3) is 0 Å². The molecular formula is C20H16FN7O2. The molecule has 2 heterocycles. The van der Waals surface area contributed by atoms with Gasteiger partial charge in [0.05, 0.1) is 5.69 Å². The number of esters is 1. The fourth-order valence-corrected chi connectivity index (χ4v) is 2.61. The summed E-state index contributed by atoms with van der Waals surface area (Å²) < 4.78 is 18.3. The minimum Gasteiger partial charge on any atom is -0.453 e. The number of hydrogen-bond acceptors (Lipinski definition) is 8. The Morgan fingerprint density at radius 3 is 2.60 bits per heavy atom. The normalized spacial score (nSPS) is 10.6. The van der Waals surface area contributed by atoms with Gasteiger partial charge in [-0.05, 0) is 30.3 Å². The molecule has 150 valence electrons. The molecule has 0 saturated carbocycles. The minimum absolute atomic E-state index is 0.0476. The Bertz CT molecular complexity index is 1160. The van der Waals surface area contributed by atoms with Crippen LogP contribution < -0.4 is 11.1 Å². The summed E-state index contributed by atoms with van der Waals surface area (Å²) in [6.45, 7) is -0.219. The summed E-state index contributed by atoms with van der Waals surface area (Å²) >= 11 is 0. The van der Waals surface area contributed by atoms with Gasteiger partial charge < -0.3 is 15.8 Å². The van der Waals surface area contributed by atoms with Gasteiger partial charge >= 0.3 is 5.97 Å². The molecule has 10 heteroatoms. The summed E-state index contributed by atoms with van der Waals surface area (Å²) in [4.78, 5) is 24.4. The third kappa shape index (κ3) is 4.55. The number of anilines is 3. The second-order valence-corrected chi connectivity index (χ2v) is 6.17. The first kappa shape index (κ1) is 19.0. The van der Waals surface area contributed by atoms with Gasteiger partial charge in [-0.25, -0.2) is 9.18 Å². The predicted octanol–water partition coefficient (Wildman–Crippen LogP) is 3.08. The molecule has 0 bridgehead atoms. The second-order valence-electron chi connectivity index (χ2n) is 6.17. The van der Waals surface area contributed by atoms with E-state index in [0.717, 1.165) is 5.56 Å². The lowest BCUT2D eigenvalue weighted by Crippen LogP contribution is -2.11. The molecule has 2 aromatic carbocycles. The van der Waals surface area contributed by atoms with Crippen molar-refractivity contribution in [3.05, 3.63) is 78.0 Å². The van der Waals surface area contributed by atoms with E-state index in [1.165, 1.54) is 24.3 Å². The molecule has 0 aliphatic heterocycles. The highest BCUT2D eigenvalue weighted by molar-refractivity contribution is 5.88. The van der Waals surface area contributed by atoms with Gasteiger partial charge in [-0.15, -0.1) is 0 Å². The van der Waals surface area contributed by atoms with Crippen molar-refractivity contribution in [2.45, 2.75) is 6.61 Å². The largest absolute Gasteiger partial charge is 0.453 e. The Kier molecular flexibility index (Phi) is 5.29. The Morgan fingerprint density at radius 1 is 1.07 bits per heavy atom. The monoisotopic (exact) mass is 405 g/mol. The van der Waals surface area contributed by atoms with Crippen LogP contribution in [0.3, 0.4) is 0 Å². The van der Waals surface area contributed by atoms with E-state index in [2.05, 4.69) is 30.5 Å². The van der Waals surface area contributed by atoms with Gasteiger partial charge in [0.15, 0.2) is 12.4 Å². The topological polar surface area (TPSA) is 132 Å². The zero-order valence-electron chi connectivity index (χ0n) is 15.5. The van der Waals surface area contributed by atoms with Gasteiger partial charge in [0, 0.05) is 11.3 Å². The molecule has 2 aromatic heterocycles. The first-order valence-corrected chi connectivity index (χ1v) is 8.88. The number of benzene rings is 2. The summed E-state index contributed by atoms with van der Waals surface area (Å²) in [6.07, 6.45) is 0. The Balaban J connectivity index is 1.42. The number of rotatable bonds is 6. The predicted molar refractivity (Wildman–Crippen MR) is 107 cm³/mol. The lowest BCUT2D eigenvalue weighted by atomic mass is 10.1. The fourth-order valence-electron chi connectivity index (χ4n) is 2.61. The first-order valence-electron chi connectivity index (χ1n) is 8.88. The average Bonchev–Trinajstić information content (AvgIpc) is 3.24. The van der Waals surface area contributed by atoms with Gasteiger partial charge in [-0.1, -0.05) is 30.3 Å². The molecule has 4 rings (SSSR count). The highest BCUT2D eigenvalue weighted by Crippen LogP contribution is 2.18. The van der Waals surface area contributed by atoms with Crippen molar-refractivity contribution in [3.63, 3.8) is 0 Å². The highest BCUT2D eigenvalue weighted by Gasteiger charge is 2.14. The molecule has 9 nitrogen and oxygen atoms in total. The van der Waals surface area contributed by atoms with Gasteiger partial charge in [-0.3, -0.25) is 5.10 Å². The van der Waals surface area contributed by atoms with E-state index in [1.807, 2.05) is 30.3 Å². The number of carbonyl (C=O) groups is 1. The lowest BCUT2D eigenvalue weighted by molar-refractivity contribution is 0.0455. The number of nitrogens with two attached hydrogens (primary N) is 1. The van der Waals surface area contributed by atoms with Gasteiger partial charge in [-0.2, -0.15) is 20.1 Å². The molecule has 4 N–H and O–H groups in total. The number of aromatic nitrogens is 5. The molecule has 0 aliphatic rings. The summed E-state index contributed by atoms with van der Waals surface area (Å²) in [5, 5.41) is 9.66. The summed E-state index contributed by atoms with van der Waals surface area (Å²) in [6, 6.07) is 16.7. The Labute approximate surface area is 170 Å². The third-order valence-corrected chi connectivity index (χ3v) is 4.00. The number of ether oxygens (including phenoxy) is 1. The Hall–Kier alpha value is -4.34. The fraction of sp³-hybridized carbons (Fsp3) is 0.0500. The van der Waals surface area contributed by atoms with Crippen LogP contribution in [-0.4, -0.2) is 31.1 Å². The van der Waals surface area contributed by atoms with Crippen LogP contribution >= 0.6 is 0 Å². The van der Waals surface area contributed by atoms with Crippen molar-refractivity contribution >= 4 is 23.6 Å². The van der Waals surface area contributed by atoms with Crippen LogP contribution in [0.25, 0.3) is 11.3 Å². The standard InChI is InChI=1S/C20H16FN7O2/c21-13-6-8-14(9-7-13)23-20-25-17(24-19(22)26-20)11-30-18(29)16-10-15(27-28-16)12-4-2-1-3-5-12/h1-10H,11H2,(H,27,28)(H3,22,23,24,25,26). The summed E-state index contributed by atoms with van der Waals surface area (Å²) in [5.74, 6) is -0.723. The number of nitrogen functional groups attached to an aromatic ring is 1. The van der Waals surface area contributed by atoms with E-state index in [9.17, 15) is 9.18 Å². The van der Waals surface area contributed by atoms with Gasteiger partial charge in [0.1, 0.15) is 11.5 Å². The first-order chi connectivity index (χ1) is 14.6. The molecule has 0 amide bonds. The maximum atomic E-state index is 13.0. The maximum absolute atomic E-state index is 13.0.